The minimum atomic E-state index is -1.18. The second-order valence-electron chi connectivity index (χ2n) is 4.39. The molecule has 0 spiro atoms. The Morgan fingerprint density at radius 1 is 1.25 bits per heavy atom. The van der Waals surface area contributed by atoms with Crippen molar-refractivity contribution in [2.24, 2.45) is 0 Å². The van der Waals surface area contributed by atoms with Crippen LogP contribution in [-0.4, -0.2) is 17.7 Å². The van der Waals surface area contributed by atoms with Crippen LogP contribution in [0.2, 0.25) is 0 Å². The maximum Gasteiger partial charge on any atom is 0.328 e. The van der Waals surface area contributed by atoms with Gasteiger partial charge in [-0.05, 0) is 30.2 Å². The summed E-state index contributed by atoms with van der Waals surface area (Å²) < 4.78 is 32.4. The number of hydrogen-bond acceptors (Lipinski definition) is 2. The Kier molecular flexibility index (Phi) is 6.70. The Hall–Kier alpha value is -1.91. The van der Waals surface area contributed by atoms with Gasteiger partial charge in [-0.3, -0.25) is 0 Å². The van der Waals surface area contributed by atoms with Crippen molar-refractivity contribution >= 4 is 12.0 Å². The first-order chi connectivity index (χ1) is 9.54. The van der Waals surface area contributed by atoms with Gasteiger partial charge in [0.15, 0.2) is 17.4 Å². The van der Waals surface area contributed by atoms with Crippen molar-refractivity contribution in [3.05, 3.63) is 35.4 Å². The molecule has 0 aliphatic carbocycles. The number of aliphatic carboxylic acids is 1. The number of rotatable bonds is 8. The number of hydrogen-bond donors (Lipinski definition) is 1. The van der Waals surface area contributed by atoms with Crippen molar-refractivity contribution in [2.75, 3.05) is 6.61 Å². The second-order valence-corrected chi connectivity index (χ2v) is 4.39. The van der Waals surface area contributed by atoms with Gasteiger partial charge >= 0.3 is 5.97 Å². The SMILES string of the molecule is CCCCCCOc1c(F)cc(C=CC(=O)O)cc1F. The minimum absolute atomic E-state index is 0.140. The highest BCUT2D eigenvalue weighted by Crippen LogP contribution is 2.24. The number of carboxylic acid groups (broad SMARTS) is 1. The molecule has 0 heterocycles. The Bertz CT molecular complexity index is 461. The lowest BCUT2D eigenvalue weighted by atomic mass is 10.2. The number of benzene rings is 1. The van der Waals surface area contributed by atoms with Gasteiger partial charge in [-0.15, -0.1) is 0 Å². The molecule has 1 aromatic rings. The highest BCUT2D eigenvalue weighted by atomic mass is 19.1. The summed E-state index contributed by atoms with van der Waals surface area (Å²) in [6, 6.07) is 2.09. The predicted octanol–water partition coefficient (Wildman–Crippen LogP) is 4.02. The molecule has 110 valence electrons. The molecule has 0 unspecified atom stereocenters. The van der Waals surface area contributed by atoms with E-state index in [2.05, 4.69) is 6.92 Å². The third kappa shape index (κ3) is 5.38. The zero-order valence-corrected chi connectivity index (χ0v) is 11.4. The minimum Gasteiger partial charge on any atom is -0.488 e. The number of carboxylic acids is 1. The van der Waals surface area contributed by atoms with Crippen LogP contribution in [0, 0.1) is 11.6 Å². The van der Waals surface area contributed by atoms with Gasteiger partial charge < -0.3 is 9.84 Å². The molecule has 1 N–H and O–H groups in total. The maximum absolute atomic E-state index is 13.7. The fourth-order valence-corrected chi connectivity index (χ4v) is 1.68. The summed E-state index contributed by atoms with van der Waals surface area (Å²) in [6.07, 6.45) is 5.78. The number of carbonyl (C=O) groups is 1. The third-order valence-electron chi connectivity index (χ3n) is 2.68. The number of ether oxygens (including phenoxy) is 1. The summed E-state index contributed by atoms with van der Waals surface area (Å²) in [6.45, 7) is 2.34. The molecule has 20 heavy (non-hydrogen) atoms. The highest BCUT2D eigenvalue weighted by molar-refractivity contribution is 5.85. The number of halogens is 2. The van der Waals surface area contributed by atoms with E-state index in [4.69, 9.17) is 9.84 Å². The molecular weight excluding hydrogens is 266 g/mol. The van der Waals surface area contributed by atoms with E-state index in [1.54, 1.807) is 0 Å². The van der Waals surface area contributed by atoms with Crippen LogP contribution in [0.3, 0.4) is 0 Å². The van der Waals surface area contributed by atoms with Gasteiger partial charge in [0.05, 0.1) is 6.61 Å². The van der Waals surface area contributed by atoms with Crippen LogP contribution in [0.1, 0.15) is 38.2 Å². The Morgan fingerprint density at radius 2 is 1.90 bits per heavy atom. The summed E-state index contributed by atoms with van der Waals surface area (Å²) in [7, 11) is 0. The molecule has 0 saturated heterocycles. The molecule has 0 amide bonds. The van der Waals surface area contributed by atoms with Gasteiger partial charge in [0, 0.05) is 6.08 Å². The average Bonchev–Trinajstić information content (AvgIpc) is 2.38. The molecule has 1 rings (SSSR count). The fourth-order valence-electron chi connectivity index (χ4n) is 1.68. The topological polar surface area (TPSA) is 46.5 Å². The molecule has 0 fully saturated rings. The zero-order valence-electron chi connectivity index (χ0n) is 11.4. The van der Waals surface area contributed by atoms with Crippen molar-refractivity contribution in [3.63, 3.8) is 0 Å². The van der Waals surface area contributed by atoms with Crippen molar-refractivity contribution in [1.82, 2.24) is 0 Å². The van der Waals surface area contributed by atoms with Crippen molar-refractivity contribution < 1.29 is 23.4 Å². The predicted molar refractivity (Wildman–Crippen MR) is 72.7 cm³/mol. The molecule has 1 aromatic carbocycles. The Labute approximate surface area is 116 Å². The molecular formula is C15H18F2O3. The zero-order chi connectivity index (χ0) is 15.0. The lowest BCUT2D eigenvalue weighted by Crippen LogP contribution is -2.02. The summed E-state index contributed by atoms with van der Waals surface area (Å²) in [5, 5.41) is 8.46. The van der Waals surface area contributed by atoms with Crippen molar-refractivity contribution in [2.45, 2.75) is 32.6 Å². The standard InChI is InChI=1S/C15H18F2O3/c1-2-3-4-5-8-20-15-12(16)9-11(10-13(15)17)6-7-14(18)19/h6-7,9-10H,2-5,8H2,1H3,(H,18,19). The molecule has 5 heteroatoms. The van der Waals surface area contributed by atoms with Crippen LogP contribution in [0.4, 0.5) is 8.78 Å². The van der Waals surface area contributed by atoms with Gasteiger partial charge in [0.25, 0.3) is 0 Å². The molecule has 0 aliphatic rings. The summed E-state index contributed by atoms with van der Waals surface area (Å²) >= 11 is 0. The van der Waals surface area contributed by atoms with Crippen LogP contribution in [-0.2, 0) is 4.79 Å². The van der Waals surface area contributed by atoms with E-state index in [9.17, 15) is 13.6 Å². The van der Waals surface area contributed by atoms with Gasteiger partial charge in [0.2, 0.25) is 0 Å². The van der Waals surface area contributed by atoms with Gasteiger partial charge in [-0.2, -0.15) is 0 Å². The van der Waals surface area contributed by atoms with E-state index < -0.39 is 23.4 Å². The van der Waals surface area contributed by atoms with E-state index >= 15 is 0 Å². The first-order valence-corrected chi connectivity index (χ1v) is 6.57. The molecule has 0 aliphatic heterocycles. The fraction of sp³-hybridized carbons (Fsp3) is 0.400. The van der Waals surface area contributed by atoms with Crippen LogP contribution < -0.4 is 4.74 Å². The van der Waals surface area contributed by atoms with Gasteiger partial charge in [0.1, 0.15) is 0 Å². The van der Waals surface area contributed by atoms with E-state index in [0.717, 1.165) is 50.0 Å². The summed E-state index contributed by atoms with van der Waals surface area (Å²) in [5.74, 6) is -3.24. The first-order valence-electron chi connectivity index (χ1n) is 6.57. The van der Waals surface area contributed by atoms with Gasteiger partial charge in [-0.1, -0.05) is 26.2 Å². The summed E-state index contributed by atoms with van der Waals surface area (Å²) in [4.78, 5) is 10.3. The van der Waals surface area contributed by atoms with E-state index in [-0.39, 0.29) is 12.2 Å². The lowest BCUT2D eigenvalue weighted by molar-refractivity contribution is -0.131. The van der Waals surface area contributed by atoms with E-state index in [1.807, 2.05) is 0 Å². The third-order valence-corrected chi connectivity index (χ3v) is 2.68. The first kappa shape index (κ1) is 16.1. The lowest BCUT2D eigenvalue weighted by Gasteiger charge is -2.09. The van der Waals surface area contributed by atoms with E-state index in [1.165, 1.54) is 0 Å². The van der Waals surface area contributed by atoms with Crippen LogP contribution >= 0.6 is 0 Å². The highest BCUT2D eigenvalue weighted by Gasteiger charge is 2.11. The monoisotopic (exact) mass is 284 g/mol. The van der Waals surface area contributed by atoms with Gasteiger partial charge in [-0.25, -0.2) is 13.6 Å². The average molecular weight is 284 g/mol. The van der Waals surface area contributed by atoms with E-state index in [0.29, 0.717) is 0 Å². The largest absolute Gasteiger partial charge is 0.488 e. The Balaban J connectivity index is 2.66. The second kappa shape index (κ2) is 8.30. The molecule has 0 atom stereocenters. The maximum atomic E-state index is 13.7. The molecule has 0 radical (unpaired) electrons. The molecule has 0 bridgehead atoms. The van der Waals surface area contributed by atoms with Crippen LogP contribution in [0.5, 0.6) is 5.75 Å². The van der Waals surface area contributed by atoms with Crippen molar-refractivity contribution in [1.29, 1.82) is 0 Å². The van der Waals surface area contributed by atoms with Crippen LogP contribution in [0.25, 0.3) is 6.08 Å². The molecule has 0 aromatic heterocycles. The summed E-state index contributed by atoms with van der Waals surface area (Å²) in [5.41, 5.74) is 0.140. The molecule has 0 saturated carbocycles. The molecule has 3 nitrogen and oxygen atoms in total. The van der Waals surface area contributed by atoms with Crippen LogP contribution in [0.15, 0.2) is 18.2 Å². The normalized spacial score (nSPS) is 10.9. The quantitative estimate of drug-likeness (QED) is 0.579. The van der Waals surface area contributed by atoms with Crippen molar-refractivity contribution in [3.8, 4) is 5.75 Å². The smallest absolute Gasteiger partial charge is 0.328 e. The Morgan fingerprint density at radius 3 is 2.45 bits per heavy atom. The number of unbranched alkanes of at least 4 members (excludes halogenated alkanes) is 3.